The first-order valence-corrected chi connectivity index (χ1v) is 9.00. The van der Waals surface area contributed by atoms with E-state index in [1.165, 1.54) is 0 Å². The summed E-state index contributed by atoms with van der Waals surface area (Å²) >= 11 is 3.41. The molecule has 1 aromatic carbocycles. The Balaban J connectivity index is 1.96. The molecule has 1 aliphatic rings. The molecule has 1 aliphatic carbocycles. The van der Waals surface area contributed by atoms with Crippen molar-refractivity contribution in [2.45, 2.75) is 38.5 Å². The van der Waals surface area contributed by atoms with Crippen molar-refractivity contribution < 1.29 is 18.3 Å². The fraction of sp³-hybridized carbons (Fsp3) is 0.588. The number of anilines is 2. The number of amides is 1. The molecule has 1 fully saturated rings. The number of rotatable bonds is 7. The first kappa shape index (κ1) is 19.1. The number of ether oxygens (including phenoxy) is 1. The standard InChI is InChI=1S/C17H23BrF2N2O2/c1-2-24-10-9-21-15-11-13(18)3-4-14(15)22-16(23)12-5-7-17(19,20)8-6-12/h3-4,11-12,21H,2,5-10H2,1H3,(H,22,23). The highest BCUT2D eigenvalue weighted by molar-refractivity contribution is 9.10. The van der Waals surface area contributed by atoms with Crippen LogP contribution < -0.4 is 10.6 Å². The normalized spacial score (nSPS) is 17.5. The summed E-state index contributed by atoms with van der Waals surface area (Å²) < 4.78 is 32.6. The van der Waals surface area contributed by atoms with Crippen LogP contribution in [-0.4, -0.2) is 31.6 Å². The highest BCUT2D eigenvalue weighted by Gasteiger charge is 2.37. The van der Waals surface area contributed by atoms with Gasteiger partial charge in [0.1, 0.15) is 0 Å². The van der Waals surface area contributed by atoms with Crippen molar-refractivity contribution >= 4 is 33.2 Å². The van der Waals surface area contributed by atoms with Crippen molar-refractivity contribution in [2.75, 3.05) is 30.4 Å². The van der Waals surface area contributed by atoms with E-state index in [0.29, 0.717) is 25.4 Å². The van der Waals surface area contributed by atoms with Gasteiger partial charge >= 0.3 is 0 Å². The molecule has 0 bridgehead atoms. The van der Waals surface area contributed by atoms with Crippen LogP contribution in [0.25, 0.3) is 0 Å². The Hall–Kier alpha value is -1.21. The molecule has 7 heteroatoms. The average Bonchev–Trinajstić information content (AvgIpc) is 2.53. The fourth-order valence-electron chi connectivity index (χ4n) is 2.71. The zero-order valence-electron chi connectivity index (χ0n) is 13.7. The van der Waals surface area contributed by atoms with E-state index in [4.69, 9.17) is 4.74 Å². The summed E-state index contributed by atoms with van der Waals surface area (Å²) in [5, 5.41) is 6.09. The second-order valence-electron chi connectivity index (χ2n) is 5.93. The third-order valence-corrected chi connectivity index (χ3v) is 4.59. The van der Waals surface area contributed by atoms with Gasteiger partial charge in [0.2, 0.25) is 11.8 Å². The lowest BCUT2D eigenvalue weighted by Gasteiger charge is -2.27. The van der Waals surface area contributed by atoms with Crippen LogP contribution in [0, 0.1) is 5.92 Å². The quantitative estimate of drug-likeness (QED) is 0.649. The molecule has 0 radical (unpaired) electrons. The summed E-state index contributed by atoms with van der Waals surface area (Å²) in [5.74, 6) is -3.18. The van der Waals surface area contributed by atoms with Crippen molar-refractivity contribution in [3.05, 3.63) is 22.7 Å². The van der Waals surface area contributed by atoms with Crippen LogP contribution in [0.15, 0.2) is 22.7 Å². The molecule has 0 unspecified atom stereocenters. The third-order valence-electron chi connectivity index (χ3n) is 4.09. The number of hydrogen-bond donors (Lipinski definition) is 2. The number of carbonyl (C=O) groups excluding carboxylic acids is 1. The van der Waals surface area contributed by atoms with Crippen LogP contribution in [-0.2, 0) is 9.53 Å². The molecule has 2 N–H and O–H groups in total. The molecule has 1 aromatic rings. The minimum atomic E-state index is -2.62. The highest BCUT2D eigenvalue weighted by atomic mass is 79.9. The van der Waals surface area contributed by atoms with Gasteiger partial charge < -0.3 is 15.4 Å². The molecule has 0 aromatic heterocycles. The predicted molar refractivity (Wildman–Crippen MR) is 94.7 cm³/mol. The summed E-state index contributed by atoms with van der Waals surface area (Å²) in [7, 11) is 0. The van der Waals surface area contributed by atoms with Crippen LogP contribution >= 0.6 is 15.9 Å². The van der Waals surface area contributed by atoms with E-state index in [9.17, 15) is 13.6 Å². The summed E-state index contributed by atoms with van der Waals surface area (Å²) in [6.07, 6.45) is 0.0146. The van der Waals surface area contributed by atoms with Crippen molar-refractivity contribution in [3.63, 3.8) is 0 Å². The van der Waals surface area contributed by atoms with Crippen LogP contribution in [0.3, 0.4) is 0 Å². The van der Waals surface area contributed by atoms with Crippen LogP contribution in [0.1, 0.15) is 32.6 Å². The van der Waals surface area contributed by atoms with E-state index in [1.54, 1.807) is 6.07 Å². The van der Waals surface area contributed by atoms with E-state index in [0.717, 1.165) is 10.2 Å². The zero-order chi connectivity index (χ0) is 17.6. The number of benzene rings is 1. The van der Waals surface area contributed by atoms with Crippen molar-refractivity contribution in [1.29, 1.82) is 0 Å². The Morgan fingerprint density at radius 1 is 1.33 bits per heavy atom. The number of alkyl halides is 2. The SMILES string of the molecule is CCOCCNc1cc(Br)ccc1NC(=O)C1CCC(F)(F)CC1. The topological polar surface area (TPSA) is 50.4 Å². The molecule has 1 amide bonds. The molecular formula is C17H23BrF2N2O2. The fourth-order valence-corrected chi connectivity index (χ4v) is 3.07. The molecule has 0 spiro atoms. The molecule has 24 heavy (non-hydrogen) atoms. The lowest BCUT2D eigenvalue weighted by atomic mass is 9.86. The lowest BCUT2D eigenvalue weighted by molar-refractivity contribution is -0.124. The third kappa shape index (κ3) is 5.70. The van der Waals surface area contributed by atoms with E-state index in [2.05, 4.69) is 26.6 Å². The monoisotopic (exact) mass is 404 g/mol. The van der Waals surface area contributed by atoms with E-state index >= 15 is 0 Å². The second kappa shape index (κ2) is 8.76. The lowest BCUT2D eigenvalue weighted by Crippen LogP contribution is -2.32. The zero-order valence-corrected chi connectivity index (χ0v) is 15.3. The van der Waals surface area contributed by atoms with Gasteiger partial charge in [-0.25, -0.2) is 8.78 Å². The second-order valence-corrected chi connectivity index (χ2v) is 6.85. The van der Waals surface area contributed by atoms with Gasteiger partial charge in [0, 0.05) is 36.4 Å². The van der Waals surface area contributed by atoms with E-state index in [-0.39, 0.29) is 37.5 Å². The van der Waals surface area contributed by atoms with Crippen LogP contribution in [0.4, 0.5) is 20.2 Å². The summed E-state index contributed by atoms with van der Waals surface area (Å²) in [6.45, 7) is 3.76. The molecule has 0 saturated heterocycles. The molecule has 0 atom stereocenters. The first-order valence-electron chi connectivity index (χ1n) is 8.21. The Kier molecular flexibility index (Phi) is 6.98. The Bertz CT molecular complexity index is 560. The predicted octanol–water partition coefficient (Wildman–Crippen LogP) is 4.66. The molecule has 134 valence electrons. The number of halogens is 3. The van der Waals surface area contributed by atoms with Gasteiger partial charge in [-0.15, -0.1) is 0 Å². The van der Waals surface area contributed by atoms with E-state index in [1.807, 2.05) is 19.1 Å². The Morgan fingerprint density at radius 3 is 2.71 bits per heavy atom. The van der Waals surface area contributed by atoms with Gasteiger partial charge in [-0.05, 0) is 38.0 Å². The first-order chi connectivity index (χ1) is 11.4. The summed E-state index contributed by atoms with van der Waals surface area (Å²) in [4.78, 5) is 12.4. The number of carbonyl (C=O) groups is 1. The molecule has 1 saturated carbocycles. The molecule has 0 heterocycles. The van der Waals surface area contributed by atoms with Crippen LogP contribution in [0.2, 0.25) is 0 Å². The van der Waals surface area contributed by atoms with Gasteiger partial charge in [0.25, 0.3) is 0 Å². The van der Waals surface area contributed by atoms with Crippen molar-refractivity contribution in [2.24, 2.45) is 5.92 Å². The Labute approximate surface area is 149 Å². The van der Waals surface area contributed by atoms with E-state index < -0.39 is 5.92 Å². The minimum absolute atomic E-state index is 0.194. The smallest absolute Gasteiger partial charge is 0.248 e. The summed E-state index contributed by atoms with van der Waals surface area (Å²) in [6, 6.07) is 5.50. The maximum absolute atomic E-state index is 13.2. The Morgan fingerprint density at radius 2 is 2.04 bits per heavy atom. The van der Waals surface area contributed by atoms with Crippen LogP contribution in [0.5, 0.6) is 0 Å². The van der Waals surface area contributed by atoms with Gasteiger partial charge in [0.05, 0.1) is 18.0 Å². The molecule has 0 aliphatic heterocycles. The largest absolute Gasteiger partial charge is 0.381 e. The average molecular weight is 405 g/mol. The summed E-state index contributed by atoms with van der Waals surface area (Å²) in [5.41, 5.74) is 1.43. The van der Waals surface area contributed by atoms with Gasteiger partial charge in [-0.3, -0.25) is 4.79 Å². The maximum atomic E-state index is 13.2. The molecular weight excluding hydrogens is 382 g/mol. The highest BCUT2D eigenvalue weighted by Crippen LogP contribution is 2.37. The van der Waals surface area contributed by atoms with Crippen molar-refractivity contribution in [1.82, 2.24) is 0 Å². The number of nitrogens with one attached hydrogen (secondary N) is 2. The minimum Gasteiger partial charge on any atom is -0.381 e. The molecule has 2 rings (SSSR count). The van der Waals surface area contributed by atoms with Gasteiger partial charge in [0.15, 0.2) is 0 Å². The maximum Gasteiger partial charge on any atom is 0.248 e. The van der Waals surface area contributed by atoms with Gasteiger partial charge in [-0.2, -0.15) is 0 Å². The van der Waals surface area contributed by atoms with Crippen molar-refractivity contribution in [3.8, 4) is 0 Å². The molecule has 4 nitrogen and oxygen atoms in total. The van der Waals surface area contributed by atoms with Gasteiger partial charge in [-0.1, -0.05) is 15.9 Å². The number of hydrogen-bond acceptors (Lipinski definition) is 3.